The highest BCUT2D eigenvalue weighted by molar-refractivity contribution is 6.45. The summed E-state index contributed by atoms with van der Waals surface area (Å²) < 4.78 is 7.27. The molecular weight excluding hydrogens is 404 g/mol. The van der Waals surface area contributed by atoms with E-state index in [2.05, 4.69) is 6.07 Å². The molecule has 2 N–H and O–H groups in total. The van der Waals surface area contributed by atoms with Gasteiger partial charge < -0.3 is 15.0 Å². The topological polar surface area (TPSA) is 91.4 Å². The standard InChI is InChI=1S/C26H22N2O4/c1-16-23(25(30)26(27)31)24-21(12-7-13-22(24)32-17(2)29)28(16)15-18-8-6-11-20(14-18)19-9-4-3-5-10-19/h3-14H,15H2,1-2H3,(H2,27,31). The summed E-state index contributed by atoms with van der Waals surface area (Å²) in [6.45, 7) is 3.50. The number of ketones is 1. The zero-order chi connectivity index (χ0) is 22.8. The second kappa shape index (κ2) is 8.51. The van der Waals surface area contributed by atoms with Crippen LogP contribution in [0.1, 0.15) is 28.5 Å². The molecule has 4 aromatic rings. The van der Waals surface area contributed by atoms with Crippen LogP contribution in [0.25, 0.3) is 22.0 Å². The van der Waals surface area contributed by atoms with Gasteiger partial charge in [0.25, 0.3) is 11.7 Å². The van der Waals surface area contributed by atoms with Gasteiger partial charge >= 0.3 is 5.97 Å². The smallest absolute Gasteiger partial charge is 0.308 e. The van der Waals surface area contributed by atoms with Gasteiger partial charge in [-0.25, -0.2) is 0 Å². The van der Waals surface area contributed by atoms with Gasteiger partial charge in [-0.2, -0.15) is 0 Å². The summed E-state index contributed by atoms with van der Waals surface area (Å²) >= 11 is 0. The van der Waals surface area contributed by atoms with Crippen LogP contribution in [-0.2, 0) is 16.1 Å². The predicted molar refractivity (Wildman–Crippen MR) is 122 cm³/mol. The van der Waals surface area contributed by atoms with Gasteiger partial charge in [0.05, 0.1) is 16.5 Å². The Hall–Kier alpha value is -4.19. The first-order valence-corrected chi connectivity index (χ1v) is 10.2. The van der Waals surface area contributed by atoms with Gasteiger partial charge in [-0.3, -0.25) is 14.4 Å². The molecule has 1 aromatic heterocycles. The Labute approximate surface area is 185 Å². The van der Waals surface area contributed by atoms with E-state index in [1.165, 1.54) is 6.92 Å². The maximum atomic E-state index is 12.7. The number of carbonyl (C=O) groups excluding carboxylic acids is 3. The first kappa shape index (κ1) is 21.1. The molecule has 4 rings (SSSR count). The number of ether oxygens (including phenoxy) is 1. The fraction of sp³-hybridized carbons (Fsp3) is 0.115. The number of amides is 1. The molecule has 0 unspecified atom stereocenters. The van der Waals surface area contributed by atoms with Crippen molar-refractivity contribution < 1.29 is 19.1 Å². The van der Waals surface area contributed by atoms with Gasteiger partial charge in [0.2, 0.25) is 0 Å². The Bertz CT molecular complexity index is 1350. The van der Waals surface area contributed by atoms with Crippen molar-refractivity contribution >= 4 is 28.6 Å². The van der Waals surface area contributed by atoms with Crippen LogP contribution in [0.3, 0.4) is 0 Å². The summed E-state index contributed by atoms with van der Waals surface area (Å²) in [5, 5.41) is 0.406. The normalized spacial score (nSPS) is 10.8. The maximum Gasteiger partial charge on any atom is 0.308 e. The Balaban J connectivity index is 1.87. The van der Waals surface area contributed by atoms with Crippen molar-refractivity contribution in [1.82, 2.24) is 4.57 Å². The van der Waals surface area contributed by atoms with E-state index in [4.69, 9.17) is 10.5 Å². The minimum Gasteiger partial charge on any atom is -0.426 e. The van der Waals surface area contributed by atoms with E-state index >= 15 is 0 Å². The number of hydrogen-bond acceptors (Lipinski definition) is 4. The average molecular weight is 426 g/mol. The van der Waals surface area contributed by atoms with Crippen molar-refractivity contribution in [3.8, 4) is 16.9 Å². The Morgan fingerprint density at radius 2 is 1.59 bits per heavy atom. The molecule has 1 amide bonds. The van der Waals surface area contributed by atoms with Crippen LogP contribution in [0.15, 0.2) is 72.8 Å². The minimum absolute atomic E-state index is 0.156. The van der Waals surface area contributed by atoms with Crippen LogP contribution in [0.5, 0.6) is 5.75 Å². The molecule has 0 aliphatic carbocycles. The molecule has 0 saturated heterocycles. The van der Waals surface area contributed by atoms with Crippen LogP contribution < -0.4 is 10.5 Å². The maximum absolute atomic E-state index is 12.7. The lowest BCUT2D eigenvalue weighted by atomic mass is 10.0. The van der Waals surface area contributed by atoms with Gasteiger partial charge in [-0.15, -0.1) is 0 Å². The third kappa shape index (κ3) is 3.90. The predicted octanol–water partition coefficient (Wildman–Crippen LogP) is 4.26. The molecule has 3 aromatic carbocycles. The summed E-state index contributed by atoms with van der Waals surface area (Å²) in [6.07, 6.45) is 0. The monoisotopic (exact) mass is 426 g/mol. The highest BCUT2D eigenvalue weighted by atomic mass is 16.5. The molecule has 32 heavy (non-hydrogen) atoms. The largest absolute Gasteiger partial charge is 0.426 e. The molecule has 0 fully saturated rings. The van der Waals surface area contributed by atoms with E-state index in [1.807, 2.05) is 59.2 Å². The van der Waals surface area contributed by atoms with E-state index in [0.717, 1.165) is 16.7 Å². The number of primary amides is 1. The van der Waals surface area contributed by atoms with Crippen LogP contribution in [-0.4, -0.2) is 22.2 Å². The fourth-order valence-electron chi connectivity index (χ4n) is 4.00. The molecule has 0 bridgehead atoms. The molecule has 0 atom stereocenters. The summed E-state index contributed by atoms with van der Waals surface area (Å²) in [5.41, 5.74) is 9.92. The Kier molecular flexibility index (Phi) is 5.60. The molecule has 0 saturated carbocycles. The van der Waals surface area contributed by atoms with E-state index in [-0.39, 0.29) is 11.3 Å². The number of fused-ring (bicyclic) bond motifs is 1. The number of esters is 1. The molecule has 0 spiro atoms. The number of Topliss-reactive ketones (excluding diaryl/α,β-unsaturated/α-hetero) is 1. The highest BCUT2D eigenvalue weighted by Crippen LogP contribution is 2.35. The van der Waals surface area contributed by atoms with Crippen LogP contribution in [0.4, 0.5) is 0 Å². The fourth-order valence-corrected chi connectivity index (χ4v) is 4.00. The van der Waals surface area contributed by atoms with E-state index < -0.39 is 17.7 Å². The number of aromatic nitrogens is 1. The zero-order valence-electron chi connectivity index (χ0n) is 17.8. The summed E-state index contributed by atoms with van der Waals surface area (Å²) in [6, 6.07) is 23.3. The number of hydrogen-bond donors (Lipinski definition) is 1. The van der Waals surface area contributed by atoms with Crippen LogP contribution in [0, 0.1) is 6.92 Å². The van der Waals surface area contributed by atoms with Gasteiger partial charge in [0.15, 0.2) is 0 Å². The first-order valence-electron chi connectivity index (χ1n) is 10.2. The molecular formula is C26H22N2O4. The first-order chi connectivity index (χ1) is 15.4. The minimum atomic E-state index is -1.06. The number of carbonyl (C=O) groups is 3. The molecule has 0 radical (unpaired) electrons. The lowest BCUT2D eigenvalue weighted by molar-refractivity contribution is -0.131. The number of nitrogens with two attached hydrogens (primary N) is 1. The summed E-state index contributed by atoms with van der Waals surface area (Å²) in [5.74, 6) is -2.17. The molecule has 0 aliphatic heterocycles. The summed E-state index contributed by atoms with van der Waals surface area (Å²) in [7, 11) is 0. The van der Waals surface area contributed by atoms with Crippen molar-refractivity contribution in [2.24, 2.45) is 5.73 Å². The summed E-state index contributed by atoms with van der Waals surface area (Å²) in [4.78, 5) is 36.1. The number of nitrogens with zero attached hydrogens (tertiary/aromatic N) is 1. The molecule has 1 heterocycles. The van der Waals surface area contributed by atoms with Crippen molar-refractivity contribution in [2.45, 2.75) is 20.4 Å². The zero-order valence-corrected chi connectivity index (χ0v) is 17.8. The second-order valence-electron chi connectivity index (χ2n) is 7.55. The van der Waals surface area contributed by atoms with Gasteiger partial charge in [-0.1, -0.05) is 54.6 Å². The SMILES string of the molecule is CC(=O)Oc1cccc2c1c(C(=O)C(N)=O)c(C)n2Cc1cccc(-c2ccccc2)c1. The van der Waals surface area contributed by atoms with E-state index in [9.17, 15) is 14.4 Å². The Morgan fingerprint density at radius 1 is 0.906 bits per heavy atom. The van der Waals surface area contributed by atoms with Crippen molar-refractivity contribution in [3.05, 3.63) is 89.6 Å². The van der Waals surface area contributed by atoms with Gasteiger partial charge in [0, 0.05) is 19.2 Å². The molecule has 6 nitrogen and oxygen atoms in total. The lowest BCUT2D eigenvalue weighted by Gasteiger charge is -2.11. The van der Waals surface area contributed by atoms with Crippen LogP contribution >= 0.6 is 0 Å². The number of rotatable bonds is 6. The van der Waals surface area contributed by atoms with Gasteiger partial charge in [-0.05, 0) is 41.8 Å². The average Bonchev–Trinajstić information content (AvgIpc) is 3.06. The Morgan fingerprint density at radius 3 is 2.28 bits per heavy atom. The highest BCUT2D eigenvalue weighted by Gasteiger charge is 2.26. The molecule has 0 aliphatic rings. The van der Waals surface area contributed by atoms with E-state index in [1.54, 1.807) is 19.1 Å². The third-order valence-electron chi connectivity index (χ3n) is 5.39. The quantitative estimate of drug-likeness (QED) is 0.216. The molecule has 160 valence electrons. The van der Waals surface area contributed by atoms with E-state index in [0.29, 0.717) is 23.1 Å². The number of benzene rings is 3. The molecule has 6 heteroatoms. The van der Waals surface area contributed by atoms with Crippen LogP contribution in [0.2, 0.25) is 0 Å². The second-order valence-corrected chi connectivity index (χ2v) is 7.55. The van der Waals surface area contributed by atoms with Crippen molar-refractivity contribution in [2.75, 3.05) is 0 Å². The van der Waals surface area contributed by atoms with Crippen molar-refractivity contribution in [3.63, 3.8) is 0 Å². The van der Waals surface area contributed by atoms with Gasteiger partial charge in [0.1, 0.15) is 5.75 Å². The lowest BCUT2D eigenvalue weighted by Crippen LogP contribution is -2.24. The third-order valence-corrected chi connectivity index (χ3v) is 5.39. The van der Waals surface area contributed by atoms with Crippen molar-refractivity contribution in [1.29, 1.82) is 0 Å².